The van der Waals surface area contributed by atoms with Gasteiger partial charge in [0.15, 0.2) is 0 Å². The van der Waals surface area contributed by atoms with E-state index >= 15 is 0 Å². The summed E-state index contributed by atoms with van der Waals surface area (Å²) in [7, 11) is 0. The van der Waals surface area contributed by atoms with Crippen molar-refractivity contribution in [2.75, 3.05) is 24.3 Å². The molecule has 37 heavy (non-hydrogen) atoms. The number of benzene rings is 3. The predicted molar refractivity (Wildman–Crippen MR) is 140 cm³/mol. The minimum atomic E-state index is -0.929. The fourth-order valence-electron chi connectivity index (χ4n) is 3.42. The Balaban J connectivity index is 1.74. The molecule has 0 heterocycles. The van der Waals surface area contributed by atoms with Gasteiger partial charge in [-0.3, -0.25) is 14.9 Å². The third kappa shape index (κ3) is 8.22. The second kappa shape index (κ2) is 13.5. The van der Waals surface area contributed by atoms with Crippen molar-refractivity contribution in [1.29, 1.82) is 0 Å². The maximum Gasteiger partial charge on any atom is 0.414 e. The SMILES string of the molecule is C[C@@H](/C=C/C(=O)Nc1ccccc1N)[C@@H](OC(=O)NC(=O)c1ccccc1)c1ccc(OCCO)cc1. The van der Waals surface area contributed by atoms with Crippen LogP contribution in [-0.4, -0.2) is 36.2 Å². The standard InChI is InChI=1S/C28H29N3O6/c1-19(11-16-25(33)30-24-10-6-5-9-23(24)29)26(20-12-14-22(15-13-20)36-18-17-32)37-28(35)31-27(34)21-7-3-2-4-8-21/h2-16,19,26,32H,17-18,29H2,1H3,(H,30,33)(H,31,34,35)/b16-11+/t19-,26+/m0/s1. The molecule has 5 N–H and O–H groups in total. The third-order valence-corrected chi connectivity index (χ3v) is 5.30. The van der Waals surface area contributed by atoms with Gasteiger partial charge in [-0.2, -0.15) is 0 Å². The zero-order chi connectivity index (χ0) is 26.6. The number of aliphatic hydroxyl groups excluding tert-OH is 1. The van der Waals surface area contributed by atoms with Crippen molar-refractivity contribution in [1.82, 2.24) is 5.32 Å². The average Bonchev–Trinajstić information content (AvgIpc) is 2.91. The number of para-hydroxylation sites is 2. The lowest BCUT2D eigenvalue weighted by Gasteiger charge is -2.23. The molecule has 9 heteroatoms. The molecular formula is C28H29N3O6. The Labute approximate surface area is 214 Å². The van der Waals surface area contributed by atoms with Crippen molar-refractivity contribution in [2.45, 2.75) is 13.0 Å². The molecule has 2 atom stereocenters. The highest BCUT2D eigenvalue weighted by Gasteiger charge is 2.24. The summed E-state index contributed by atoms with van der Waals surface area (Å²) in [6, 6.07) is 21.9. The maximum absolute atomic E-state index is 12.6. The van der Waals surface area contributed by atoms with Crippen molar-refractivity contribution in [3.8, 4) is 5.75 Å². The number of nitrogens with two attached hydrogens (primary N) is 1. The van der Waals surface area contributed by atoms with Gasteiger partial charge in [0, 0.05) is 11.5 Å². The number of hydrogen-bond donors (Lipinski definition) is 4. The first-order valence-electron chi connectivity index (χ1n) is 11.6. The van der Waals surface area contributed by atoms with Gasteiger partial charge < -0.3 is 25.6 Å². The Hall–Kier alpha value is -4.63. The minimum absolute atomic E-state index is 0.123. The topological polar surface area (TPSA) is 140 Å². The molecule has 3 rings (SSSR count). The van der Waals surface area contributed by atoms with Crippen LogP contribution in [0.15, 0.2) is 91.0 Å². The summed E-state index contributed by atoms with van der Waals surface area (Å²) in [5, 5.41) is 13.9. The third-order valence-electron chi connectivity index (χ3n) is 5.30. The van der Waals surface area contributed by atoms with E-state index in [4.69, 9.17) is 20.3 Å². The average molecular weight is 504 g/mol. The molecule has 0 spiro atoms. The fraction of sp³-hybridized carbons (Fsp3) is 0.179. The summed E-state index contributed by atoms with van der Waals surface area (Å²) in [4.78, 5) is 37.4. The molecule has 0 bridgehead atoms. The number of amides is 3. The van der Waals surface area contributed by atoms with E-state index < -0.39 is 29.9 Å². The number of nitrogens with one attached hydrogen (secondary N) is 2. The highest BCUT2D eigenvalue weighted by molar-refractivity contribution is 6.03. The molecule has 0 aliphatic heterocycles. The van der Waals surface area contributed by atoms with E-state index in [0.29, 0.717) is 28.3 Å². The van der Waals surface area contributed by atoms with E-state index in [9.17, 15) is 14.4 Å². The van der Waals surface area contributed by atoms with Gasteiger partial charge in [0.05, 0.1) is 18.0 Å². The summed E-state index contributed by atoms with van der Waals surface area (Å²) >= 11 is 0. The van der Waals surface area contributed by atoms with Crippen molar-refractivity contribution < 1.29 is 29.0 Å². The van der Waals surface area contributed by atoms with E-state index in [1.807, 2.05) is 0 Å². The number of carbonyl (C=O) groups excluding carboxylic acids is 3. The molecule has 9 nitrogen and oxygen atoms in total. The Bertz CT molecular complexity index is 1230. The van der Waals surface area contributed by atoms with Gasteiger partial charge in [-0.1, -0.05) is 55.5 Å². The zero-order valence-electron chi connectivity index (χ0n) is 20.3. The number of carbonyl (C=O) groups is 3. The van der Waals surface area contributed by atoms with Gasteiger partial charge in [-0.25, -0.2) is 4.79 Å². The zero-order valence-corrected chi connectivity index (χ0v) is 20.3. The van der Waals surface area contributed by atoms with Gasteiger partial charge in [-0.05, 0) is 48.0 Å². The number of hydrogen-bond acceptors (Lipinski definition) is 7. The Morgan fingerprint density at radius 2 is 1.65 bits per heavy atom. The largest absolute Gasteiger partial charge is 0.491 e. The lowest BCUT2D eigenvalue weighted by molar-refractivity contribution is -0.111. The number of ether oxygens (including phenoxy) is 2. The number of imide groups is 1. The van der Waals surface area contributed by atoms with E-state index in [1.54, 1.807) is 91.9 Å². The summed E-state index contributed by atoms with van der Waals surface area (Å²) in [5.74, 6) is -0.927. The highest BCUT2D eigenvalue weighted by Crippen LogP contribution is 2.29. The quantitative estimate of drug-likeness (QED) is 0.241. The molecule has 0 fully saturated rings. The summed E-state index contributed by atoms with van der Waals surface area (Å²) in [6.45, 7) is 1.79. The van der Waals surface area contributed by atoms with Gasteiger partial charge in [-0.15, -0.1) is 0 Å². The lowest BCUT2D eigenvalue weighted by Crippen LogP contribution is -2.33. The molecule has 0 radical (unpaired) electrons. The first-order chi connectivity index (χ1) is 17.9. The summed E-state index contributed by atoms with van der Waals surface area (Å²) in [6.07, 6.45) is 1.17. The van der Waals surface area contributed by atoms with E-state index in [2.05, 4.69) is 10.6 Å². The molecule has 3 aromatic carbocycles. The number of nitrogen functional groups attached to an aromatic ring is 1. The molecule has 0 aliphatic carbocycles. The Morgan fingerprint density at radius 1 is 0.973 bits per heavy atom. The van der Waals surface area contributed by atoms with Crippen LogP contribution >= 0.6 is 0 Å². The molecule has 0 aromatic heterocycles. The first kappa shape index (κ1) is 27.0. The molecule has 0 unspecified atom stereocenters. The molecule has 0 saturated carbocycles. The molecular weight excluding hydrogens is 474 g/mol. The van der Waals surface area contributed by atoms with E-state index in [-0.39, 0.29) is 13.2 Å². The van der Waals surface area contributed by atoms with Crippen LogP contribution in [0, 0.1) is 5.92 Å². The predicted octanol–water partition coefficient (Wildman–Crippen LogP) is 4.08. The van der Waals surface area contributed by atoms with E-state index in [0.717, 1.165) is 0 Å². The van der Waals surface area contributed by atoms with Crippen LogP contribution in [0.5, 0.6) is 5.75 Å². The van der Waals surface area contributed by atoms with Gasteiger partial charge in [0.2, 0.25) is 5.91 Å². The number of aliphatic hydroxyl groups is 1. The Kier molecular flexibility index (Phi) is 9.81. The molecule has 3 amide bonds. The van der Waals surface area contributed by atoms with Gasteiger partial charge in [0.25, 0.3) is 5.91 Å². The number of rotatable bonds is 10. The van der Waals surface area contributed by atoms with Crippen LogP contribution in [0.1, 0.15) is 28.9 Å². The van der Waals surface area contributed by atoms with Gasteiger partial charge in [0.1, 0.15) is 18.5 Å². The van der Waals surface area contributed by atoms with Crippen LogP contribution in [0.3, 0.4) is 0 Å². The smallest absolute Gasteiger partial charge is 0.414 e. The summed E-state index contributed by atoms with van der Waals surface area (Å²) in [5.41, 5.74) is 7.71. The lowest BCUT2D eigenvalue weighted by atomic mass is 9.96. The van der Waals surface area contributed by atoms with Crippen LogP contribution in [-0.2, 0) is 9.53 Å². The Morgan fingerprint density at radius 3 is 2.32 bits per heavy atom. The second-order valence-corrected chi connectivity index (χ2v) is 8.08. The monoisotopic (exact) mass is 503 g/mol. The maximum atomic E-state index is 12.6. The van der Waals surface area contributed by atoms with Gasteiger partial charge >= 0.3 is 6.09 Å². The first-order valence-corrected chi connectivity index (χ1v) is 11.6. The van der Waals surface area contributed by atoms with Crippen LogP contribution < -0.4 is 21.1 Å². The fourth-order valence-corrected chi connectivity index (χ4v) is 3.42. The van der Waals surface area contributed by atoms with Crippen LogP contribution in [0.25, 0.3) is 0 Å². The molecule has 0 aliphatic rings. The van der Waals surface area contributed by atoms with Crippen molar-refractivity contribution in [2.24, 2.45) is 5.92 Å². The molecule has 0 saturated heterocycles. The highest BCUT2D eigenvalue weighted by atomic mass is 16.6. The summed E-state index contributed by atoms with van der Waals surface area (Å²) < 4.78 is 11.0. The van der Waals surface area contributed by atoms with Crippen LogP contribution in [0.4, 0.5) is 16.2 Å². The molecule has 3 aromatic rings. The van der Waals surface area contributed by atoms with Crippen molar-refractivity contribution >= 4 is 29.3 Å². The number of anilines is 2. The normalized spacial score (nSPS) is 12.4. The van der Waals surface area contributed by atoms with Crippen molar-refractivity contribution in [3.63, 3.8) is 0 Å². The van der Waals surface area contributed by atoms with Crippen molar-refractivity contribution in [3.05, 3.63) is 102 Å². The second-order valence-electron chi connectivity index (χ2n) is 8.08. The number of alkyl carbamates (subject to hydrolysis) is 1. The van der Waals surface area contributed by atoms with Crippen LogP contribution in [0.2, 0.25) is 0 Å². The minimum Gasteiger partial charge on any atom is -0.491 e. The molecule has 192 valence electrons. The van der Waals surface area contributed by atoms with E-state index in [1.165, 1.54) is 6.08 Å².